The highest BCUT2D eigenvalue weighted by Gasteiger charge is 2.21. The normalized spacial score (nSPS) is 11.4. The van der Waals surface area contributed by atoms with Gasteiger partial charge >= 0.3 is 11.9 Å². The van der Waals surface area contributed by atoms with E-state index in [2.05, 4.69) is 33.9 Å². The van der Waals surface area contributed by atoms with Crippen molar-refractivity contribution in [1.82, 2.24) is 0 Å². The first-order valence-electron chi connectivity index (χ1n) is 17.7. The summed E-state index contributed by atoms with van der Waals surface area (Å²) in [7, 11) is -8.19. The number of aryl methyl sites for hydroxylation is 2. The highest BCUT2D eigenvalue weighted by Crippen LogP contribution is 2.27. The second-order valence-electron chi connectivity index (χ2n) is 12.8. The minimum Gasteiger partial charge on any atom is -0.481 e. The molecule has 0 heterocycles. The van der Waals surface area contributed by atoms with Crippen LogP contribution in [0.2, 0.25) is 0 Å². The van der Waals surface area contributed by atoms with E-state index >= 15 is 0 Å². The number of carbonyl (C=O) groups is 4. The fraction of sp³-hybridized carbons (Fsp3) is 0.282. The molecule has 16 heteroatoms. The van der Waals surface area contributed by atoms with E-state index in [4.69, 9.17) is 0 Å². The molecule has 292 valence electrons. The fourth-order valence-corrected chi connectivity index (χ4v) is 7.66. The molecule has 0 aliphatic carbocycles. The molecule has 0 saturated carbocycles. The standard InChI is InChI=1S/C39H44N4O10S2/c1-3-5-7-26-9-15-31(16-10-26)54(50,51)42-34-19-13-29(23-28(34)24-38(46)47)40-36(44)21-22-37(45)41-30-14-20-35(33(25-30)39(48)49)43-55(52,53)32-17-11-27(12-18-32)8-6-4-2/h9-20,23,25,42-43H,3-8,21-22,24H2,1-2H3,(H,40,44)(H,41,45)(H,46,47)(H,48,49). The van der Waals surface area contributed by atoms with Crippen molar-refractivity contribution in [3.05, 3.63) is 107 Å². The second kappa shape index (κ2) is 19.0. The number of carboxylic acids is 2. The van der Waals surface area contributed by atoms with Crippen LogP contribution in [-0.4, -0.2) is 50.8 Å². The van der Waals surface area contributed by atoms with Crippen LogP contribution in [0.5, 0.6) is 0 Å². The van der Waals surface area contributed by atoms with Crippen molar-refractivity contribution < 1.29 is 46.2 Å². The molecule has 4 aromatic carbocycles. The molecule has 0 fully saturated rings. The van der Waals surface area contributed by atoms with Gasteiger partial charge in [0.15, 0.2) is 0 Å². The van der Waals surface area contributed by atoms with Gasteiger partial charge in [-0.05, 0) is 103 Å². The lowest BCUT2D eigenvalue weighted by molar-refractivity contribution is -0.136. The number of aromatic carboxylic acids is 1. The zero-order chi connectivity index (χ0) is 40.2. The molecular weight excluding hydrogens is 749 g/mol. The average Bonchev–Trinajstić information content (AvgIpc) is 3.14. The Labute approximate surface area is 320 Å². The van der Waals surface area contributed by atoms with Gasteiger partial charge in [0.2, 0.25) is 11.8 Å². The number of benzene rings is 4. The van der Waals surface area contributed by atoms with Crippen molar-refractivity contribution >= 4 is 66.5 Å². The maximum atomic E-state index is 13.1. The summed E-state index contributed by atoms with van der Waals surface area (Å²) in [6.45, 7) is 4.11. The molecule has 0 atom stereocenters. The smallest absolute Gasteiger partial charge is 0.337 e. The zero-order valence-corrected chi connectivity index (χ0v) is 32.1. The highest BCUT2D eigenvalue weighted by atomic mass is 32.2. The lowest BCUT2D eigenvalue weighted by atomic mass is 10.1. The van der Waals surface area contributed by atoms with Gasteiger partial charge in [0, 0.05) is 24.2 Å². The number of anilines is 4. The van der Waals surface area contributed by atoms with E-state index in [1.807, 2.05) is 0 Å². The molecular formula is C39H44N4O10S2. The van der Waals surface area contributed by atoms with E-state index < -0.39 is 55.8 Å². The molecule has 0 aliphatic heterocycles. The fourth-order valence-electron chi connectivity index (χ4n) is 5.48. The van der Waals surface area contributed by atoms with Crippen LogP contribution in [0.1, 0.15) is 79.4 Å². The molecule has 0 bridgehead atoms. The van der Waals surface area contributed by atoms with Crippen LogP contribution in [0.15, 0.2) is 94.7 Å². The first kappa shape index (κ1) is 42.0. The molecule has 0 aromatic heterocycles. The average molecular weight is 793 g/mol. The van der Waals surface area contributed by atoms with Gasteiger partial charge in [0.1, 0.15) is 0 Å². The predicted molar refractivity (Wildman–Crippen MR) is 209 cm³/mol. The monoisotopic (exact) mass is 792 g/mol. The molecule has 14 nitrogen and oxygen atoms in total. The lowest BCUT2D eigenvalue weighted by Crippen LogP contribution is -2.19. The van der Waals surface area contributed by atoms with Gasteiger partial charge in [-0.15, -0.1) is 0 Å². The SMILES string of the molecule is CCCCc1ccc(S(=O)(=O)Nc2ccc(NC(=O)CCC(=O)Nc3ccc(NS(=O)(=O)c4ccc(CCCC)cc4)c(C(=O)O)c3)cc2CC(=O)O)cc1. The predicted octanol–water partition coefficient (Wildman–Crippen LogP) is 6.66. The maximum absolute atomic E-state index is 13.1. The lowest BCUT2D eigenvalue weighted by Gasteiger charge is -2.14. The first-order valence-corrected chi connectivity index (χ1v) is 20.6. The second-order valence-corrected chi connectivity index (χ2v) is 16.2. The maximum Gasteiger partial charge on any atom is 0.337 e. The van der Waals surface area contributed by atoms with Gasteiger partial charge in [-0.3, -0.25) is 23.8 Å². The third kappa shape index (κ3) is 12.4. The summed E-state index contributed by atoms with van der Waals surface area (Å²) in [6.07, 6.45) is 4.34. The third-order valence-corrected chi connectivity index (χ3v) is 11.2. The van der Waals surface area contributed by atoms with Crippen LogP contribution in [0.3, 0.4) is 0 Å². The number of amides is 2. The van der Waals surface area contributed by atoms with E-state index in [1.165, 1.54) is 54.6 Å². The molecule has 4 rings (SSSR count). The van der Waals surface area contributed by atoms with Gasteiger partial charge < -0.3 is 20.8 Å². The number of rotatable bonds is 20. The van der Waals surface area contributed by atoms with Crippen molar-refractivity contribution in [2.45, 2.75) is 81.4 Å². The molecule has 4 aromatic rings. The number of carbonyl (C=O) groups excluding carboxylic acids is 2. The van der Waals surface area contributed by atoms with Crippen molar-refractivity contribution in [2.75, 3.05) is 20.1 Å². The molecule has 0 radical (unpaired) electrons. The minimum atomic E-state index is -4.13. The molecule has 6 N–H and O–H groups in total. The van der Waals surface area contributed by atoms with E-state index in [0.717, 1.165) is 55.7 Å². The van der Waals surface area contributed by atoms with Crippen molar-refractivity contribution in [3.63, 3.8) is 0 Å². The van der Waals surface area contributed by atoms with Gasteiger partial charge in [0.25, 0.3) is 20.0 Å². The number of nitrogens with one attached hydrogen (secondary N) is 4. The van der Waals surface area contributed by atoms with Gasteiger partial charge in [-0.2, -0.15) is 0 Å². The Morgan fingerprint density at radius 2 is 1.02 bits per heavy atom. The van der Waals surface area contributed by atoms with Crippen molar-refractivity contribution in [1.29, 1.82) is 0 Å². The van der Waals surface area contributed by atoms with Crippen LogP contribution < -0.4 is 20.1 Å². The molecule has 2 amide bonds. The van der Waals surface area contributed by atoms with E-state index in [1.54, 1.807) is 24.3 Å². The summed E-state index contributed by atoms with van der Waals surface area (Å²) >= 11 is 0. The van der Waals surface area contributed by atoms with Crippen LogP contribution in [0.4, 0.5) is 22.7 Å². The van der Waals surface area contributed by atoms with Gasteiger partial charge in [-0.1, -0.05) is 51.0 Å². The summed E-state index contributed by atoms with van der Waals surface area (Å²) in [5, 5.41) is 24.3. The Bertz CT molecular complexity index is 2240. The number of unbranched alkanes of at least 4 members (excludes halogenated alkanes) is 2. The third-order valence-electron chi connectivity index (χ3n) is 8.44. The van der Waals surface area contributed by atoms with Gasteiger partial charge in [-0.25, -0.2) is 21.6 Å². The minimum absolute atomic E-state index is 0.00327. The molecule has 55 heavy (non-hydrogen) atoms. The molecule has 0 spiro atoms. The molecule has 0 aliphatic rings. The highest BCUT2D eigenvalue weighted by molar-refractivity contribution is 7.93. The van der Waals surface area contributed by atoms with Crippen LogP contribution in [0.25, 0.3) is 0 Å². The van der Waals surface area contributed by atoms with E-state index in [9.17, 15) is 46.2 Å². The van der Waals surface area contributed by atoms with Crippen molar-refractivity contribution in [2.24, 2.45) is 0 Å². The van der Waals surface area contributed by atoms with Crippen LogP contribution in [0, 0.1) is 0 Å². The zero-order valence-electron chi connectivity index (χ0n) is 30.4. The number of sulfonamides is 2. The number of hydrogen-bond donors (Lipinski definition) is 6. The van der Waals surface area contributed by atoms with E-state index in [0.29, 0.717) is 0 Å². The Balaban J connectivity index is 1.37. The Morgan fingerprint density at radius 3 is 1.45 bits per heavy atom. The Morgan fingerprint density at radius 1 is 0.582 bits per heavy atom. The summed E-state index contributed by atoms with van der Waals surface area (Å²) < 4.78 is 56.9. The summed E-state index contributed by atoms with van der Waals surface area (Å²) in [6, 6.07) is 20.4. The number of aliphatic carboxylic acids is 1. The van der Waals surface area contributed by atoms with Crippen LogP contribution >= 0.6 is 0 Å². The molecule has 0 unspecified atom stereocenters. The topological polar surface area (TPSA) is 225 Å². The summed E-state index contributed by atoms with van der Waals surface area (Å²) in [5.41, 5.74) is 1.67. The van der Waals surface area contributed by atoms with Crippen molar-refractivity contribution in [3.8, 4) is 0 Å². The number of carboxylic acid groups (broad SMARTS) is 2. The Kier molecular flexibility index (Phi) is 14.5. The van der Waals surface area contributed by atoms with E-state index in [-0.39, 0.29) is 50.9 Å². The summed E-state index contributed by atoms with van der Waals surface area (Å²) in [4.78, 5) is 49.0. The Hall–Kier alpha value is -5.74. The number of hydrogen-bond acceptors (Lipinski definition) is 8. The first-order chi connectivity index (χ1) is 26.1. The quantitative estimate of drug-likeness (QED) is 0.0558. The largest absolute Gasteiger partial charge is 0.481 e. The molecule has 0 saturated heterocycles. The van der Waals surface area contributed by atoms with Gasteiger partial charge in [0.05, 0.1) is 33.2 Å². The summed E-state index contributed by atoms with van der Waals surface area (Å²) in [5.74, 6) is -3.93. The van der Waals surface area contributed by atoms with Crippen LogP contribution in [-0.2, 0) is 53.7 Å².